The van der Waals surface area contributed by atoms with Crippen LogP contribution in [0.2, 0.25) is 0 Å². The maximum atomic E-state index is 13.4. The van der Waals surface area contributed by atoms with E-state index in [1.807, 2.05) is 6.92 Å². The third kappa shape index (κ3) is 5.86. The van der Waals surface area contributed by atoms with Crippen LogP contribution in [0.25, 0.3) is 16.6 Å². The van der Waals surface area contributed by atoms with Gasteiger partial charge in [0, 0.05) is 24.0 Å². The van der Waals surface area contributed by atoms with E-state index in [0.717, 1.165) is 0 Å². The molecule has 1 unspecified atom stereocenters. The number of pyridine rings is 2. The van der Waals surface area contributed by atoms with Crippen LogP contribution < -0.4 is 5.32 Å². The maximum absolute atomic E-state index is 13.4. The number of nitrogens with one attached hydrogen (secondary N) is 1. The molecule has 0 fully saturated rings. The molecule has 0 spiro atoms. The second-order valence-electron chi connectivity index (χ2n) is 8.57. The number of halogens is 1. The molecule has 0 saturated heterocycles. The number of sulfone groups is 1. The summed E-state index contributed by atoms with van der Waals surface area (Å²) in [5.41, 5.74) is 1.98. The van der Waals surface area contributed by atoms with Gasteiger partial charge in [0.1, 0.15) is 5.82 Å². The number of benzene rings is 1. The third-order valence-electron chi connectivity index (χ3n) is 5.99. The lowest BCUT2D eigenvalue weighted by molar-refractivity contribution is -0.140. The number of fused-ring (bicyclic) bond motifs is 1. The molecule has 0 aliphatic carbocycles. The molecule has 0 aliphatic heterocycles. The standard InChI is InChI=1S/C26H26FN5O5S/c1-3-4-23(17-11-20(13-28-12-17)38(35,36)10-9-25(33)37-2)31-26(34)22-14-29-16-24-21(22)15-30-32(24)19-7-5-18(27)6-8-19/h5-8,11-16,23H,3-4,9-10H2,1-2H3,(H,31,34). The summed E-state index contributed by atoms with van der Waals surface area (Å²) in [5, 5.41) is 7.86. The Morgan fingerprint density at radius 2 is 1.82 bits per heavy atom. The van der Waals surface area contributed by atoms with E-state index >= 15 is 0 Å². The number of carbonyl (C=O) groups is 2. The van der Waals surface area contributed by atoms with Gasteiger partial charge < -0.3 is 10.1 Å². The fourth-order valence-corrected chi connectivity index (χ4v) is 5.20. The summed E-state index contributed by atoms with van der Waals surface area (Å²) in [6.07, 6.45) is 8.22. The summed E-state index contributed by atoms with van der Waals surface area (Å²) in [7, 11) is -2.60. The normalized spacial score (nSPS) is 12.3. The van der Waals surface area contributed by atoms with Gasteiger partial charge in [-0.25, -0.2) is 17.5 Å². The number of methoxy groups -OCH3 is 1. The van der Waals surface area contributed by atoms with Crippen molar-refractivity contribution in [3.8, 4) is 5.69 Å². The van der Waals surface area contributed by atoms with Crippen LogP contribution in [-0.4, -0.2) is 52.9 Å². The lowest BCUT2D eigenvalue weighted by atomic mass is 10.0. The summed E-state index contributed by atoms with van der Waals surface area (Å²) < 4.78 is 44.9. The second-order valence-corrected chi connectivity index (χ2v) is 10.7. The van der Waals surface area contributed by atoms with E-state index in [1.54, 1.807) is 29.2 Å². The van der Waals surface area contributed by atoms with Gasteiger partial charge in [-0.05, 0) is 42.3 Å². The van der Waals surface area contributed by atoms with Gasteiger partial charge in [0.25, 0.3) is 5.91 Å². The highest BCUT2D eigenvalue weighted by Crippen LogP contribution is 2.25. The van der Waals surface area contributed by atoms with Crippen molar-refractivity contribution >= 4 is 32.6 Å². The highest BCUT2D eigenvalue weighted by molar-refractivity contribution is 7.91. The molecular formula is C26H26FN5O5S. The van der Waals surface area contributed by atoms with Crippen molar-refractivity contribution in [1.29, 1.82) is 0 Å². The van der Waals surface area contributed by atoms with Crippen LogP contribution in [0.3, 0.4) is 0 Å². The number of ether oxygens (including phenoxy) is 1. The first-order chi connectivity index (χ1) is 18.2. The number of aromatic nitrogens is 4. The van der Waals surface area contributed by atoms with Gasteiger partial charge in [-0.1, -0.05) is 13.3 Å². The van der Waals surface area contributed by atoms with E-state index in [1.165, 1.54) is 43.9 Å². The summed E-state index contributed by atoms with van der Waals surface area (Å²) in [6, 6.07) is 6.72. The highest BCUT2D eigenvalue weighted by atomic mass is 32.2. The molecule has 3 heterocycles. The molecule has 38 heavy (non-hydrogen) atoms. The molecule has 12 heteroatoms. The monoisotopic (exact) mass is 539 g/mol. The van der Waals surface area contributed by atoms with Crippen LogP contribution in [0.5, 0.6) is 0 Å². The molecule has 1 N–H and O–H groups in total. The van der Waals surface area contributed by atoms with E-state index in [4.69, 9.17) is 0 Å². The van der Waals surface area contributed by atoms with E-state index in [-0.39, 0.29) is 22.7 Å². The molecular weight excluding hydrogens is 513 g/mol. The number of esters is 1. The van der Waals surface area contributed by atoms with Gasteiger partial charge in [-0.3, -0.25) is 19.6 Å². The molecule has 3 aromatic heterocycles. The predicted octanol–water partition coefficient (Wildman–Crippen LogP) is 3.56. The van der Waals surface area contributed by atoms with E-state index in [0.29, 0.717) is 35.0 Å². The van der Waals surface area contributed by atoms with E-state index < -0.39 is 33.5 Å². The zero-order valence-corrected chi connectivity index (χ0v) is 21.6. The summed E-state index contributed by atoms with van der Waals surface area (Å²) >= 11 is 0. The van der Waals surface area contributed by atoms with Crippen LogP contribution in [0.1, 0.15) is 48.1 Å². The molecule has 10 nitrogen and oxygen atoms in total. The zero-order chi connectivity index (χ0) is 27.3. The molecule has 1 aromatic carbocycles. The Morgan fingerprint density at radius 1 is 1.08 bits per heavy atom. The molecule has 198 valence electrons. The molecule has 0 aliphatic rings. The van der Waals surface area contributed by atoms with Crippen molar-refractivity contribution in [2.75, 3.05) is 12.9 Å². The Bertz CT molecular complexity index is 1570. The summed E-state index contributed by atoms with van der Waals surface area (Å²) in [6.45, 7) is 1.94. The van der Waals surface area contributed by atoms with Crippen molar-refractivity contribution in [2.24, 2.45) is 0 Å². The summed E-state index contributed by atoms with van der Waals surface area (Å²) in [5.74, 6) is -1.83. The first-order valence-corrected chi connectivity index (χ1v) is 13.5. The first kappa shape index (κ1) is 26.9. The second kappa shape index (κ2) is 11.5. The SMILES string of the molecule is CCCC(NC(=O)c1cncc2c1cnn2-c1ccc(F)cc1)c1cncc(S(=O)(=O)CCC(=O)OC)c1. The lowest BCUT2D eigenvalue weighted by Crippen LogP contribution is -2.29. The quantitative estimate of drug-likeness (QED) is 0.303. The van der Waals surface area contributed by atoms with E-state index in [9.17, 15) is 22.4 Å². The minimum absolute atomic E-state index is 0.0430. The molecule has 0 bridgehead atoms. The molecule has 1 amide bonds. The first-order valence-electron chi connectivity index (χ1n) is 11.9. The third-order valence-corrected chi connectivity index (χ3v) is 7.68. The summed E-state index contributed by atoms with van der Waals surface area (Å²) in [4.78, 5) is 33.0. The molecule has 1 atom stereocenters. The van der Waals surface area contributed by atoms with Gasteiger partial charge >= 0.3 is 5.97 Å². The average Bonchev–Trinajstić information content (AvgIpc) is 3.36. The minimum atomic E-state index is -3.79. The Labute approximate surface area is 218 Å². The average molecular weight is 540 g/mol. The van der Waals surface area contributed by atoms with Crippen LogP contribution in [0.4, 0.5) is 4.39 Å². The van der Waals surface area contributed by atoms with Gasteiger partial charge in [0.2, 0.25) is 0 Å². The number of rotatable bonds is 10. The predicted molar refractivity (Wildman–Crippen MR) is 137 cm³/mol. The van der Waals surface area contributed by atoms with Crippen molar-refractivity contribution in [1.82, 2.24) is 25.1 Å². The Hall–Kier alpha value is -4.19. The van der Waals surface area contributed by atoms with Crippen LogP contribution >= 0.6 is 0 Å². The minimum Gasteiger partial charge on any atom is -0.469 e. The largest absolute Gasteiger partial charge is 0.469 e. The highest BCUT2D eigenvalue weighted by Gasteiger charge is 2.22. The zero-order valence-electron chi connectivity index (χ0n) is 20.8. The number of hydrogen-bond donors (Lipinski definition) is 1. The number of nitrogens with zero attached hydrogens (tertiary/aromatic N) is 4. The number of hydrogen-bond acceptors (Lipinski definition) is 8. The van der Waals surface area contributed by atoms with Crippen molar-refractivity contribution < 1.29 is 27.1 Å². The fourth-order valence-electron chi connectivity index (χ4n) is 3.99. The molecule has 4 aromatic rings. The topological polar surface area (TPSA) is 133 Å². The van der Waals surface area contributed by atoms with Crippen molar-refractivity contribution in [3.63, 3.8) is 0 Å². The molecule has 0 saturated carbocycles. The smallest absolute Gasteiger partial charge is 0.306 e. The lowest BCUT2D eigenvalue weighted by Gasteiger charge is -2.19. The van der Waals surface area contributed by atoms with Gasteiger partial charge in [-0.2, -0.15) is 5.10 Å². The van der Waals surface area contributed by atoms with Crippen molar-refractivity contribution in [3.05, 3.63) is 78.3 Å². The van der Waals surface area contributed by atoms with Gasteiger partial charge in [0.05, 0.1) is 59.4 Å². The van der Waals surface area contributed by atoms with Crippen LogP contribution in [-0.2, 0) is 19.4 Å². The number of carbonyl (C=O) groups excluding carboxylic acids is 2. The van der Waals surface area contributed by atoms with Crippen LogP contribution in [0, 0.1) is 5.82 Å². The van der Waals surface area contributed by atoms with Gasteiger partial charge in [0.15, 0.2) is 9.84 Å². The van der Waals surface area contributed by atoms with Gasteiger partial charge in [-0.15, -0.1) is 0 Å². The van der Waals surface area contributed by atoms with E-state index in [2.05, 4.69) is 25.1 Å². The molecule has 4 rings (SSSR count). The van der Waals surface area contributed by atoms with Crippen molar-refractivity contribution in [2.45, 2.75) is 37.1 Å². The van der Waals surface area contributed by atoms with Crippen LogP contribution in [0.15, 0.2) is 66.2 Å². The maximum Gasteiger partial charge on any atom is 0.306 e. The molecule has 0 radical (unpaired) electrons. The Kier molecular flexibility index (Phi) is 8.10. The fraction of sp³-hybridized carbons (Fsp3) is 0.269. The number of amides is 1. The Balaban J connectivity index is 1.60. The Morgan fingerprint density at radius 3 is 2.53 bits per heavy atom.